The van der Waals surface area contributed by atoms with Gasteiger partial charge in [0.25, 0.3) is 0 Å². The van der Waals surface area contributed by atoms with Gasteiger partial charge in [-0.05, 0) is 61.7 Å². The molecule has 8 heteroatoms. The number of hydrogen-bond acceptors (Lipinski definition) is 3. The summed E-state index contributed by atoms with van der Waals surface area (Å²) >= 11 is 18.1. The van der Waals surface area contributed by atoms with Gasteiger partial charge in [0.2, 0.25) is 11.8 Å². The first-order valence-electron chi connectivity index (χ1n) is 10.2. The van der Waals surface area contributed by atoms with Gasteiger partial charge in [-0.3, -0.25) is 9.59 Å². The van der Waals surface area contributed by atoms with Crippen LogP contribution in [0.1, 0.15) is 38.7 Å². The van der Waals surface area contributed by atoms with Gasteiger partial charge in [0, 0.05) is 34.6 Å². The van der Waals surface area contributed by atoms with E-state index in [4.69, 9.17) is 39.5 Å². The molecule has 31 heavy (non-hydrogen) atoms. The average Bonchev–Trinajstić information content (AvgIpc) is 2.75. The van der Waals surface area contributed by atoms with E-state index in [1.54, 1.807) is 54.3 Å². The molecule has 2 amide bonds. The summed E-state index contributed by atoms with van der Waals surface area (Å²) in [5.74, 6) is 0.344. The van der Waals surface area contributed by atoms with Crippen molar-refractivity contribution in [3.8, 4) is 5.75 Å². The molecule has 1 N–H and O–H groups in total. The minimum Gasteiger partial charge on any atom is -0.494 e. The van der Waals surface area contributed by atoms with E-state index in [-0.39, 0.29) is 24.8 Å². The molecule has 0 bridgehead atoms. The number of nitrogens with one attached hydrogen (secondary N) is 1. The van der Waals surface area contributed by atoms with Crippen LogP contribution in [-0.2, 0) is 16.1 Å². The van der Waals surface area contributed by atoms with E-state index in [0.717, 1.165) is 12.0 Å². The van der Waals surface area contributed by atoms with Crippen LogP contribution in [0.15, 0.2) is 42.5 Å². The molecule has 2 aromatic carbocycles. The molecule has 2 aromatic rings. The molecule has 0 aliphatic carbocycles. The monoisotopic (exact) mass is 484 g/mol. The molecule has 0 aliphatic rings. The van der Waals surface area contributed by atoms with Crippen LogP contribution in [0.5, 0.6) is 5.75 Å². The van der Waals surface area contributed by atoms with Gasteiger partial charge in [-0.2, -0.15) is 0 Å². The van der Waals surface area contributed by atoms with E-state index in [2.05, 4.69) is 5.32 Å². The van der Waals surface area contributed by atoms with Crippen molar-refractivity contribution in [2.45, 2.75) is 45.7 Å². The normalized spacial score (nSPS) is 11.6. The Labute approximate surface area is 198 Å². The van der Waals surface area contributed by atoms with Crippen LogP contribution in [0.2, 0.25) is 15.1 Å². The van der Waals surface area contributed by atoms with E-state index in [0.29, 0.717) is 40.4 Å². The standard InChI is InChI=1S/C23H27Cl3N2O3/c1-3-12-27-23(30)16(2)28(15-17-6-7-19(25)14-21(17)26)22(29)5-4-13-31-20-10-8-18(24)9-11-20/h6-11,14,16H,3-5,12-13,15H2,1-2H3,(H,27,30). The molecular weight excluding hydrogens is 459 g/mol. The van der Waals surface area contributed by atoms with Crippen molar-refractivity contribution < 1.29 is 14.3 Å². The second-order valence-corrected chi connectivity index (χ2v) is 8.41. The average molecular weight is 486 g/mol. The Morgan fingerprint density at radius 2 is 1.74 bits per heavy atom. The van der Waals surface area contributed by atoms with Crippen molar-refractivity contribution in [2.75, 3.05) is 13.2 Å². The van der Waals surface area contributed by atoms with E-state index in [1.807, 2.05) is 6.92 Å². The Morgan fingerprint density at radius 3 is 2.39 bits per heavy atom. The Kier molecular flexibility index (Phi) is 10.4. The molecule has 0 fully saturated rings. The number of ether oxygens (including phenoxy) is 1. The third-order valence-corrected chi connectivity index (χ3v) is 5.53. The molecule has 0 heterocycles. The fourth-order valence-electron chi connectivity index (χ4n) is 2.90. The Balaban J connectivity index is 2.02. The number of nitrogens with zero attached hydrogens (tertiary/aromatic N) is 1. The number of hydrogen-bond donors (Lipinski definition) is 1. The molecule has 0 aromatic heterocycles. The van der Waals surface area contributed by atoms with Crippen molar-refractivity contribution in [3.63, 3.8) is 0 Å². The van der Waals surface area contributed by atoms with Gasteiger partial charge in [-0.15, -0.1) is 0 Å². The molecule has 2 rings (SSSR count). The first-order valence-corrected chi connectivity index (χ1v) is 11.3. The molecular formula is C23H27Cl3N2O3. The summed E-state index contributed by atoms with van der Waals surface area (Å²) in [5.41, 5.74) is 0.729. The lowest BCUT2D eigenvalue weighted by molar-refractivity contribution is -0.140. The SMILES string of the molecule is CCCNC(=O)C(C)N(Cc1ccc(Cl)cc1Cl)C(=O)CCCOc1ccc(Cl)cc1. The maximum Gasteiger partial charge on any atom is 0.242 e. The van der Waals surface area contributed by atoms with Crippen LogP contribution in [0, 0.1) is 0 Å². The van der Waals surface area contributed by atoms with Crippen molar-refractivity contribution in [1.82, 2.24) is 10.2 Å². The molecule has 5 nitrogen and oxygen atoms in total. The summed E-state index contributed by atoms with van der Waals surface area (Å²) in [6.45, 7) is 4.84. The van der Waals surface area contributed by atoms with Crippen LogP contribution >= 0.6 is 34.8 Å². The highest BCUT2D eigenvalue weighted by atomic mass is 35.5. The van der Waals surface area contributed by atoms with Crippen LogP contribution in [0.4, 0.5) is 0 Å². The number of rotatable bonds is 11. The summed E-state index contributed by atoms with van der Waals surface area (Å²) in [7, 11) is 0. The predicted octanol–water partition coefficient (Wildman–Crippen LogP) is 5.75. The second kappa shape index (κ2) is 12.8. The van der Waals surface area contributed by atoms with Crippen molar-refractivity contribution >= 4 is 46.6 Å². The highest BCUT2D eigenvalue weighted by molar-refractivity contribution is 6.35. The zero-order valence-corrected chi connectivity index (χ0v) is 19.9. The topological polar surface area (TPSA) is 58.6 Å². The van der Waals surface area contributed by atoms with Gasteiger partial charge in [-0.1, -0.05) is 47.8 Å². The highest BCUT2D eigenvalue weighted by Gasteiger charge is 2.26. The lowest BCUT2D eigenvalue weighted by Gasteiger charge is -2.29. The number of halogens is 3. The second-order valence-electron chi connectivity index (χ2n) is 7.13. The number of amides is 2. The minimum atomic E-state index is -0.636. The lowest BCUT2D eigenvalue weighted by Crippen LogP contribution is -2.47. The number of benzene rings is 2. The van der Waals surface area contributed by atoms with Crippen LogP contribution in [-0.4, -0.2) is 35.9 Å². The van der Waals surface area contributed by atoms with E-state index >= 15 is 0 Å². The summed E-state index contributed by atoms with van der Waals surface area (Å²) in [6.07, 6.45) is 1.57. The van der Waals surface area contributed by atoms with E-state index < -0.39 is 6.04 Å². The minimum absolute atomic E-state index is 0.148. The smallest absolute Gasteiger partial charge is 0.242 e. The highest BCUT2D eigenvalue weighted by Crippen LogP contribution is 2.24. The molecule has 0 radical (unpaired) electrons. The molecule has 0 spiro atoms. The van der Waals surface area contributed by atoms with Gasteiger partial charge in [0.05, 0.1) is 6.61 Å². The first kappa shape index (κ1) is 25.3. The predicted molar refractivity (Wildman–Crippen MR) is 126 cm³/mol. The largest absolute Gasteiger partial charge is 0.494 e. The first-order chi connectivity index (χ1) is 14.8. The van der Waals surface area contributed by atoms with Crippen LogP contribution in [0.25, 0.3) is 0 Å². The van der Waals surface area contributed by atoms with Crippen LogP contribution < -0.4 is 10.1 Å². The van der Waals surface area contributed by atoms with Crippen LogP contribution in [0.3, 0.4) is 0 Å². The summed E-state index contributed by atoms with van der Waals surface area (Å²) in [5, 5.41) is 4.45. The molecule has 0 saturated carbocycles. The molecule has 0 saturated heterocycles. The van der Waals surface area contributed by atoms with E-state index in [1.165, 1.54) is 0 Å². The van der Waals surface area contributed by atoms with Gasteiger partial charge < -0.3 is 15.0 Å². The summed E-state index contributed by atoms with van der Waals surface area (Å²) in [6, 6.07) is 11.5. The summed E-state index contributed by atoms with van der Waals surface area (Å²) < 4.78 is 5.66. The Bertz CT molecular complexity index is 875. The lowest BCUT2D eigenvalue weighted by atomic mass is 10.1. The molecule has 1 unspecified atom stereocenters. The van der Waals surface area contributed by atoms with Crippen molar-refractivity contribution in [3.05, 3.63) is 63.1 Å². The van der Waals surface area contributed by atoms with Gasteiger partial charge in [0.15, 0.2) is 0 Å². The summed E-state index contributed by atoms with van der Waals surface area (Å²) in [4.78, 5) is 27.1. The van der Waals surface area contributed by atoms with Gasteiger partial charge in [-0.25, -0.2) is 0 Å². The van der Waals surface area contributed by atoms with Gasteiger partial charge >= 0.3 is 0 Å². The van der Waals surface area contributed by atoms with E-state index in [9.17, 15) is 9.59 Å². The zero-order valence-electron chi connectivity index (χ0n) is 17.7. The number of carbonyl (C=O) groups is 2. The molecule has 168 valence electrons. The maximum absolute atomic E-state index is 13.0. The fourth-order valence-corrected chi connectivity index (χ4v) is 3.49. The quantitative estimate of drug-likeness (QED) is 0.412. The molecule has 0 aliphatic heterocycles. The van der Waals surface area contributed by atoms with Crippen molar-refractivity contribution in [1.29, 1.82) is 0 Å². The Hall–Kier alpha value is -1.95. The third-order valence-electron chi connectivity index (χ3n) is 4.69. The zero-order chi connectivity index (χ0) is 22.8. The van der Waals surface area contributed by atoms with Crippen molar-refractivity contribution in [2.24, 2.45) is 0 Å². The third kappa shape index (κ3) is 8.24. The fraction of sp³-hybridized carbons (Fsp3) is 0.391. The van der Waals surface area contributed by atoms with Gasteiger partial charge in [0.1, 0.15) is 11.8 Å². The number of carbonyl (C=O) groups excluding carboxylic acids is 2. The molecule has 1 atom stereocenters. The Morgan fingerprint density at radius 1 is 1.06 bits per heavy atom. The maximum atomic E-state index is 13.0.